The average Bonchev–Trinajstić information content (AvgIpc) is 3.18. The minimum Gasteiger partial charge on any atom is -0.444 e. The van der Waals surface area contributed by atoms with Gasteiger partial charge in [-0.2, -0.15) is 0 Å². The molecule has 1 fully saturated rings. The van der Waals surface area contributed by atoms with Crippen molar-refractivity contribution in [3.05, 3.63) is 46.7 Å². The SMILES string of the molecule is CC1=C(C2CCOC(C)(c3ncco3)O2)C(=C=O)CC=C1CCCCO. The van der Waals surface area contributed by atoms with Crippen LogP contribution in [-0.4, -0.2) is 35.3 Å². The molecule has 0 spiro atoms. The van der Waals surface area contributed by atoms with Crippen molar-refractivity contribution in [1.82, 2.24) is 4.98 Å². The van der Waals surface area contributed by atoms with Crippen molar-refractivity contribution >= 4 is 5.94 Å². The second-order valence-electron chi connectivity index (χ2n) is 6.76. The van der Waals surface area contributed by atoms with Crippen molar-refractivity contribution < 1.29 is 23.8 Å². The predicted octanol–water partition coefficient (Wildman–Crippen LogP) is 3.22. The van der Waals surface area contributed by atoms with E-state index in [1.165, 1.54) is 11.8 Å². The Labute approximate surface area is 153 Å². The fourth-order valence-corrected chi connectivity index (χ4v) is 3.63. The lowest BCUT2D eigenvalue weighted by Gasteiger charge is -2.38. The number of hydrogen-bond acceptors (Lipinski definition) is 6. The predicted molar refractivity (Wildman–Crippen MR) is 94.8 cm³/mol. The first-order valence-corrected chi connectivity index (χ1v) is 9.06. The molecule has 2 heterocycles. The largest absolute Gasteiger partial charge is 0.444 e. The molecule has 0 radical (unpaired) electrons. The number of unbranched alkanes of at least 4 members (excludes halogenated alkanes) is 1. The van der Waals surface area contributed by atoms with E-state index in [-0.39, 0.29) is 12.7 Å². The third-order valence-electron chi connectivity index (χ3n) is 5.01. The van der Waals surface area contributed by atoms with Gasteiger partial charge in [0.2, 0.25) is 5.79 Å². The summed E-state index contributed by atoms with van der Waals surface area (Å²) in [6.07, 6.45) is 8.62. The van der Waals surface area contributed by atoms with Crippen molar-refractivity contribution in [1.29, 1.82) is 0 Å². The van der Waals surface area contributed by atoms with Crippen LogP contribution in [0.25, 0.3) is 0 Å². The van der Waals surface area contributed by atoms with Gasteiger partial charge in [-0.15, -0.1) is 0 Å². The summed E-state index contributed by atoms with van der Waals surface area (Å²) < 4.78 is 17.4. The normalized spacial score (nSPS) is 26.7. The maximum absolute atomic E-state index is 11.5. The summed E-state index contributed by atoms with van der Waals surface area (Å²) in [4.78, 5) is 15.7. The number of nitrogens with zero attached hydrogens (tertiary/aromatic N) is 1. The first-order valence-electron chi connectivity index (χ1n) is 9.06. The van der Waals surface area contributed by atoms with Gasteiger partial charge in [0, 0.05) is 25.0 Å². The van der Waals surface area contributed by atoms with Crippen LogP contribution in [0.15, 0.2) is 45.2 Å². The first-order chi connectivity index (χ1) is 12.6. The number of ether oxygens (including phenoxy) is 2. The highest BCUT2D eigenvalue weighted by molar-refractivity contribution is 5.67. The second-order valence-corrected chi connectivity index (χ2v) is 6.76. The summed E-state index contributed by atoms with van der Waals surface area (Å²) in [5.74, 6) is 1.39. The number of aliphatic hydroxyl groups is 1. The van der Waals surface area contributed by atoms with Crippen LogP contribution < -0.4 is 0 Å². The minimum absolute atomic E-state index is 0.194. The summed E-state index contributed by atoms with van der Waals surface area (Å²) in [6, 6.07) is 0. The van der Waals surface area contributed by atoms with Gasteiger partial charge in [-0.1, -0.05) is 6.08 Å². The molecule has 6 nitrogen and oxygen atoms in total. The molecule has 1 saturated heterocycles. The lowest BCUT2D eigenvalue weighted by atomic mass is 9.82. The van der Waals surface area contributed by atoms with Crippen LogP contribution in [-0.2, 0) is 20.1 Å². The quantitative estimate of drug-likeness (QED) is 0.620. The van der Waals surface area contributed by atoms with Gasteiger partial charge in [-0.05, 0) is 49.8 Å². The zero-order chi connectivity index (χ0) is 18.6. The highest BCUT2D eigenvalue weighted by Crippen LogP contribution is 2.40. The van der Waals surface area contributed by atoms with Gasteiger partial charge in [-0.3, -0.25) is 0 Å². The van der Waals surface area contributed by atoms with Crippen molar-refractivity contribution in [2.45, 2.75) is 57.8 Å². The molecule has 1 aromatic heterocycles. The Balaban J connectivity index is 1.87. The zero-order valence-corrected chi connectivity index (χ0v) is 15.3. The van der Waals surface area contributed by atoms with Crippen LogP contribution in [0.5, 0.6) is 0 Å². The molecule has 26 heavy (non-hydrogen) atoms. The Hall–Kier alpha value is -1.98. The number of oxazole rings is 1. The maximum atomic E-state index is 11.5. The van der Waals surface area contributed by atoms with Gasteiger partial charge in [0.05, 0.1) is 18.9 Å². The molecule has 1 aliphatic heterocycles. The molecule has 140 valence electrons. The molecule has 3 rings (SSSR count). The van der Waals surface area contributed by atoms with Gasteiger partial charge in [0.15, 0.2) is 0 Å². The van der Waals surface area contributed by atoms with Gasteiger partial charge in [-0.25, -0.2) is 9.78 Å². The fraction of sp³-hybridized carbons (Fsp3) is 0.550. The van der Waals surface area contributed by atoms with E-state index in [1.54, 1.807) is 13.1 Å². The number of hydrogen-bond donors (Lipinski definition) is 1. The third kappa shape index (κ3) is 3.74. The number of aromatic nitrogens is 1. The van der Waals surface area contributed by atoms with Gasteiger partial charge in [0.1, 0.15) is 12.2 Å². The van der Waals surface area contributed by atoms with Gasteiger partial charge < -0.3 is 19.0 Å². The molecule has 0 amide bonds. The average molecular weight is 359 g/mol. The highest BCUT2D eigenvalue weighted by Gasteiger charge is 2.42. The number of aliphatic hydroxyl groups excluding tert-OH is 1. The Morgan fingerprint density at radius 2 is 2.27 bits per heavy atom. The van der Waals surface area contributed by atoms with Crippen LogP contribution in [0, 0.1) is 0 Å². The van der Waals surface area contributed by atoms with Crippen LogP contribution >= 0.6 is 0 Å². The molecule has 1 aliphatic carbocycles. The van der Waals surface area contributed by atoms with Crippen LogP contribution in [0.4, 0.5) is 0 Å². The molecule has 6 heteroatoms. The van der Waals surface area contributed by atoms with E-state index in [0.29, 0.717) is 30.9 Å². The molecule has 0 bridgehead atoms. The summed E-state index contributed by atoms with van der Waals surface area (Å²) in [5.41, 5.74) is 3.81. The molecule has 2 unspecified atom stereocenters. The summed E-state index contributed by atoms with van der Waals surface area (Å²) in [6.45, 7) is 4.49. The van der Waals surface area contributed by atoms with Crippen molar-refractivity contribution in [2.24, 2.45) is 0 Å². The van der Waals surface area contributed by atoms with Crippen molar-refractivity contribution in [3.63, 3.8) is 0 Å². The topological polar surface area (TPSA) is 81.8 Å². The van der Waals surface area contributed by atoms with Gasteiger partial charge in [0.25, 0.3) is 5.89 Å². The van der Waals surface area contributed by atoms with Crippen molar-refractivity contribution in [2.75, 3.05) is 13.2 Å². The Kier molecular flexibility index (Phi) is 5.89. The second kappa shape index (κ2) is 8.14. The molecule has 2 atom stereocenters. The number of rotatable bonds is 6. The lowest BCUT2D eigenvalue weighted by molar-refractivity contribution is -0.294. The summed E-state index contributed by atoms with van der Waals surface area (Å²) in [5, 5.41) is 9.01. The Bertz CT molecular complexity index is 742. The minimum atomic E-state index is -1.08. The monoisotopic (exact) mass is 359 g/mol. The number of carbonyl (C=O) groups excluding carboxylic acids is 1. The molecule has 2 aliphatic rings. The highest BCUT2D eigenvalue weighted by atomic mass is 16.7. The van der Waals surface area contributed by atoms with Crippen molar-refractivity contribution in [3.8, 4) is 0 Å². The molecular weight excluding hydrogens is 334 g/mol. The molecule has 1 aromatic rings. The third-order valence-corrected chi connectivity index (χ3v) is 5.01. The zero-order valence-electron chi connectivity index (χ0n) is 15.3. The maximum Gasteiger partial charge on any atom is 0.255 e. The van der Waals surface area contributed by atoms with E-state index in [4.69, 9.17) is 19.0 Å². The number of allylic oxidation sites excluding steroid dienone is 3. The fourth-order valence-electron chi connectivity index (χ4n) is 3.63. The van der Waals surface area contributed by atoms with E-state index < -0.39 is 5.79 Å². The van der Waals surface area contributed by atoms with E-state index in [1.807, 2.05) is 6.92 Å². The van der Waals surface area contributed by atoms with E-state index in [2.05, 4.69) is 17.0 Å². The van der Waals surface area contributed by atoms with E-state index in [9.17, 15) is 4.79 Å². The summed E-state index contributed by atoms with van der Waals surface area (Å²) in [7, 11) is 0. The van der Waals surface area contributed by atoms with Crippen LogP contribution in [0.3, 0.4) is 0 Å². The van der Waals surface area contributed by atoms with Crippen LogP contribution in [0.2, 0.25) is 0 Å². The Morgan fingerprint density at radius 1 is 1.42 bits per heavy atom. The summed E-state index contributed by atoms with van der Waals surface area (Å²) >= 11 is 0. The first kappa shape index (κ1) is 18.8. The molecular formula is C20H25NO5. The van der Waals surface area contributed by atoms with Crippen LogP contribution in [0.1, 0.15) is 51.8 Å². The molecule has 0 saturated carbocycles. The van der Waals surface area contributed by atoms with E-state index in [0.717, 1.165) is 30.4 Å². The lowest BCUT2D eigenvalue weighted by Crippen LogP contribution is -2.42. The molecule has 0 aromatic carbocycles. The van der Waals surface area contributed by atoms with E-state index >= 15 is 0 Å². The van der Waals surface area contributed by atoms with Gasteiger partial charge >= 0.3 is 0 Å². The standard InChI is InChI=1S/C20H25NO5/c1-14-15(5-3-4-10-22)6-7-16(13-23)18(14)17-8-11-25-20(2,26-17)19-21-9-12-24-19/h6,9,12,17,22H,3-5,7-8,10-11H2,1-2H3. The smallest absolute Gasteiger partial charge is 0.255 e. The Morgan fingerprint density at radius 3 is 2.96 bits per heavy atom. The molecule has 1 N–H and O–H groups in total.